The molecular weight excluding hydrogens is 276 g/mol. The van der Waals surface area contributed by atoms with Crippen molar-refractivity contribution in [2.45, 2.75) is 26.2 Å². The minimum Gasteiger partial charge on any atom is -0.0914 e. The molecule has 0 atom stereocenters. The molecule has 0 amide bonds. The molecule has 21 heavy (non-hydrogen) atoms. The quantitative estimate of drug-likeness (QED) is 0.536. The fourth-order valence-electron chi connectivity index (χ4n) is 2.18. The van der Waals surface area contributed by atoms with E-state index >= 15 is 0 Å². The van der Waals surface area contributed by atoms with E-state index < -0.39 is 0 Å². The van der Waals surface area contributed by atoms with E-state index in [0.29, 0.717) is 0 Å². The average Bonchev–Trinajstić information content (AvgIpc) is 2.52. The van der Waals surface area contributed by atoms with Crippen molar-refractivity contribution < 1.29 is 0 Å². The zero-order valence-electron chi connectivity index (χ0n) is 12.4. The van der Waals surface area contributed by atoms with Gasteiger partial charge in [-0.25, -0.2) is 0 Å². The van der Waals surface area contributed by atoms with Gasteiger partial charge >= 0.3 is 0 Å². The monoisotopic (exact) mass is 296 g/mol. The number of halogens is 1. The maximum Gasteiger partial charge on any atom is 0.0406 e. The normalized spacial score (nSPS) is 11.5. The molecule has 0 N–H and O–H groups in total. The molecule has 0 nitrogen and oxygen atoms in total. The lowest BCUT2D eigenvalue weighted by Crippen LogP contribution is -1.84. The van der Waals surface area contributed by atoms with Crippen LogP contribution in [0.4, 0.5) is 0 Å². The Hall–Kier alpha value is -1.79. The first-order chi connectivity index (χ1) is 10.3. The molecule has 1 heteroatoms. The molecule has 0 aromatic heterocycles. The first-order valence-electron chi connectivity index (χ1n) is 7.40. The largest absolute Gasteiger partial charge is 0.0914 e. The molecule has 0 spiro atoms. The van der Waals surface area contributed by atoms with Gasteiger partial charge in [-0.15, -0.1) is 0 Å². The molecule has 0 saturated carbocycles. The molecule has 0 aliphatic rings. The highest BCUT2D eigenvalue weighted by molar-refractivity contribution is 6.30. The first-order valence-corrected chi connectivity index (χ1v) is 7.78. The van der Waals surface area contributed by atoms with Crippen LogP contribution in [0.25, 0.3) is 11.1 Å². The summed E-state index contributed by atoms with van der Waals surface area (Å²) >= 11 is 5.92. The van der Waals surface area contributed by atoms with Crippen molar-refractivity contribution in [2.24, 2.45) is 0 Å². The van der Waals surface area contributed by atoms with Gasteiger partial charge in [-0.05, 0) is 55.0 Å². The molecule has 0 aliphatic heterocycles. The van der Waals surface area contributed by atoms with E-state index in [0.717, 1.165) is 24.3 Å². The summed E-state index contributed by atoms with van der Waals surface area (Å²) in [5.41, 5.74) is 3.82. The highest BCUT2D eigenvalue weighted by Gasteiger charge is 1.98. The second-order valence-corrected chi connectivity index (χ2v) is 5.46. The number of hydrogen-bond acceptors (Lipinski definition) is 0. The molecular formula is C20H21Cl. The SMILES string of the molecule is C/C=C\C/C=C/CCc1ccc(-c2ccc(Cl)cc2)cc1. The summed E-state index contributed by atoms with van der Waals surface area (Å²) in [5, 5.41) is 0.778. The fourth-order valence-corrected chi connectivity index (χ4v) is 2.31. The average molecular weight is 297 g/mol. The number of allylic oxidation sites excluding steroid dienone is 4. The van der Waals surface area contributed by atoms with E-state index in [2.05, 4.69) is 67.6 Å². The van der Waals surface area contributed by atoms with E-state index in [9.17, 15) is 0 Å². The minimum atomic E-state index is 0.778. The molecule has 0 bridgehead atoms. The maximum absolute atomic E-state index is 5.92. The summed E-state index contributed by atoms with van der Waals surface area (Å²) in [5.74, 6) is 0. The Morgan fingerprint density at radius 2 is 1.43 bits per heavy atom. The van der Waals surface area contributed by atoms with Gasteiger partial charge < -0.3 is 0 Å². The Bertz CT molecular complexity index is 589. The molecule has 0 unspecified atom stereocenters. The van der Waals surface area contributed by atoms with Crippen molar-refractivity contribution in [1.29, 1.82) is 0 Å². The molecule has 2 aromatic rings. The Kier molecular flexibility index (Phi) is 6.30. The first kappa shape index (κ1) is 15.6. The van der Waals surface area contributed by atoms with Gasteiger partial charge in [-0.1, -0.05) is 72.3 Å². The van der Waals surface area contributed by atoms with Crippen molar-refractivity contribution in [3.63, 3.8) is 0 Å². The van der Waals surface area contributed by atoms with Crippen molar-refractivity contribution in [3.8, 4) is 11.1 Å². The highest BCUT2D eigenvalue weighted by atomic mass is 35.5. The summed E-state index contributed by atoms with van der Waals surface area (Å²) in [6, 6.07) is 16.8. The van der Waals surface area contributed by atoms with Crippen LogP contribution in [0.5, 0.6) is 0 Å². The van der Waals surface area contributed by atoms with Crippen LogP contribution in [0.3, 0.4) is 0 Å². The van der Waals surface area contributed by atoms with Crippen molar-refractivity contribution in [2.75, 3.05) is 0 Å². The van der Waals surface area contributed by atoms with E-state index in [1.165, 1.54) is 16.7 Å². The van der Waals surface area contributed by atoms with Crippen LogP contribution >= 0.6 is 11.6 Å². The third-order valence-electron chi connectivity index (χ3n) is 3.41. The van der Waals surface area contributed by atoms with Gasteiger partial charge in [0.05, 0.1) is 0 Å². The summed E-state index contributed by atoms with van der Waals surface area (Å²) < 4.78 is 0. The predicted octanol–water partition coefficient (Wildman–Crippen LogP) is 6.46. The van der Waals surface area contributed by atoms with Gasteiger partial charge in [-0.3, -0.25) is 0 Å². The van der Waals surface area contributed by atoms with Crippen LogP contribution in [-0.2, 0) is 6.42 Å². The molecule has 108 valence electrons. The summed E-state index contributed by atoms with van der Waals surface area (Å²) in [7, 11) is 0. The predicted molar refractivity (Wildman–Crippen MR) is 93.8 cm³/mol. The van der Waals surface area contributed by atoms with Crippen LogP contribution in [0.2, 0.25) is 5.02 Å². The van der Waals surface area contributed by atoms with Gasteiger partial charge in [0.25, 0.3) is 0 Å². The Morgan fingerprint density at radius 1 is 0.810 bits per heavy atom. The van der Waals surface area contributed by atoms with Gasteiger partial charge in [0, 0.05) is 5.02 Å². The fraction of sp³-hybridized carbons (Fsp3) is 0.200. The van der Waals surface area contributed by atoms with Gasteiger partial charge in [0.1, 0.15) is 0 Å². The van der Waals surface area contributed by atoms with Crippen LogP contribution in [0.1, 0.15) is 25.3 Å². The lowest BCUT2D eigenvalue weighted by atomic mass is 10.0. The molecule has 0 radical (unpaired) electrons. The topological polar surface area (TPSA) is 0 Å². The van der Waals surface area contributed by atoms with Gasteiger partial charge in [0.2, 0.25) is 0 Å². The Balaban J connectivity index is 1.90. The van der Waals surface area contributed by atoms with E-state index in [-0.39, 0.29) is 0 Å². The number of rotatable bonds is 6. The van der Waals surface area contributed by atoms with Crippen LogP contribution in [0.15, 0.2) is 72.8 Å². The second kappa shape index (κ2) is 8.49. The van der Waals surface area contributed by atoms with Crippen molar-refractivity contribution in [3.05, 3.63) is 83.4 Å². The van der Waals surface area contributed by atoms with E-state index in [4.69, 9.17) is 11.6 Å². The Labute approximate surface area is 132 Å². The van der Waals surface area contributed by atoms with Crippen molar-refractivity contribution in [1.82, 2.24) is 0 Å². The number of aryl methyl sites for hydroxylation is 1. The molecule has 2 aromatic carbocycles. The lowest BCUT2D eigenvalue weighted by molar-refractivity contribution is 0.996. The Morgan fingerprint density at radius 3 is 2.05 bits per heavy atom. The maximum atomic E-state index is 5.92. The lowest BCUT2D eigenvalue weighted by Gasteiger charge is -2.04. The second-order valence-electron chi connectivity index (χ2n) is 5.02. The standard InChI is InChI=1S/C20H21Cl/c1-2-3-4-5-6-7-8-17-9-11-18(12-10-17)19-13-15-20(21)16-14-19/h2-3,5-6,9-16H,4,7-8H2,1H3/b3-2-,6-5+. The summed E-state index contributed by atoms with van der Waals surface area (Å²) in [4.78, 5) is 0. The zero-order chi connectivity index (χ0) is 14.9. The van der Waals surface area contributed by atoms with Gasteiger partial charge in [0.15, 0.2) is 0 Å². The third-order valence-corrected chi connectivity index (χ3v) is 3.66. The van der Waals surface area contributed by atoms with Gasteiger partial charge in [-0.2, -0.15) is 0 Å². The number of benzene rings is 2. The summed E-state index contributed by atoms with van der Waals surface area (Å²) in [6.45, 7) is 2.05. The van der Waals surface area contributed by atoms with Crippen LogP contribution < -0.4 is 0 Å². The highest BCUT2D eigenvalue weighted by Crippen LogP contribution is 2.22. The minimum absolute atomic E-state index is 0.778. The molecule has 0 aliphatic carbocycles. The smallest absolute Gasteiger partial charge is 0.0406 e. The molecule has 0 fully saturated rings. The van der Waals surface area contributed by atoms with Crippen molar-refractivity contribution >= 4 is 11.6 Å². The molecule has 0 heterocycles. The van der Waals surface area contributed by atoms with Crippen LogP contribution in [0, 0.1) is 0 Å². The summed E-state index contributed by atoms with van der Waals surface area (Å²) in [6.07, 6.45) is 11.9. The van der Waals surface area contributed by atoms with E-state index in [1.807, 2.05) is 12.1 Å². The molecule has 2 rings (SSSR count). The number of hydrogen-bond donors (Lipinski definition) is 0. The van der Waals surface area contributed by atoms with E-state index in [1.54, 1.807) is 0 Å². The third kappa shape index (κ3) is 5.24. The molecule has 0 saturated heterocycles. The zero-order valence-corrected chi connectivity index (χ0v) is 13.2. The van der Waals surface area contributed by atoms with Crippen LogP contribution in [-0.4, -0.2) is 0 Å².